The lowest BCUT2D eigenvalue weighted by atomic mass is 10.1. The Labute approximate surface area is 169 Å². The maximum absolute atomic E-state index is 12.5. The van der Waals surface area contributed by atoms with Gasteiger partial charge in [0.15, 0.2) is 9.84 Å². The first-order valence-corrected chi connectivity index (χ1v) is 12.4. The molecule has 9 heteroatoms. The molecule has 0 aliphatic carbocycles. The first kappa shape index (κ1) is 21.9. The van der Waals surface area contributed by atoms with Gasteiger partial charge in [-0.05, 0) is 64.7 Å². The van der Waals surface area contributed by atoms with Crippen molar-refractivity contribution in [3.8, 4) is 0 Å². The van der Waals surface area contributed by atoms with Crippen molar-refractivity contribution in [1.29, 1.82) is 0 Å². The van der Waals surface area contributed by atoms with Crippen molar-refractivity contribution in [1.82, 2.24) is 4.72 Å². The fourth-order valence-electron chi connectivity index (χ4n) is 2.46. The van der Waals surface area contributed by atoms with Crippen LogP contribution in [0.1, 0.15) is 12.0 Å². The lowest BCUT2D eigenvalue weighted by molar-refractivity contribution is 0.578. The van der Waals surface area contributed by atoms with E-state index in [1.54, 1.807) is 0 Å². The van der Waals surface area contributed by atoms with E-state index in [1.165, 1.54) is 18.2 Å². The largest absolute Gasteiger partial charge is 0.378 e. The molecule has 0 fully saturated rings. The van der Waals surface area contributed by atoms with Gasteiger partial charge in [-0.1, -0.05) is 12.1 Å². The molecule has 0 amide bonds. The van der Waals surface area contributed by atoms with Crippen molar-refractivity contribution in [3.63, 3.8) is 0 Å². The van der Waals surface area contributed by atoms with Crippen LogP contribution in [-0.4, -0.2) is 43.7 Å². The molecule has 0 saturated carbocycles. The normalized spacial score (nSPS) is 12.1. The first-order valence-electron chi connectivity index (χ1n) is 8.26. The SMILES string of the molecule is CN(C)c1ccc(CCCNS(=O)(=O)c2cc(S(C)(=O)=O)ccc2Br)cc1. The van der Waals surface area contributed by atoms with Crippen molar-refractivity contribution in [2.45, 2.75) is 22.6 Å². The van der Waals surface area contributed by atoms with Crippen molar-refractivity contribution in [2.75, 3.05) is 31.8 Å². The van der Waals surface area contributed by atoms with E-state index in [-0.39, 0.29) is 16.3 Å². The van der Waals surface area contributed by atoms with Crippen LogP contribution in [0.5, 0.6) is 0 Å². The molecule has 0 aliphatic rings. The Bertz CT molecular complexity index is 1000. The summed E-state index contributed by atoms with van der Waals surface area (Å²) < 4.78 is 51.2. The Morgan fingerprint density at radius 1 is 1.00 bits per heavy atom. The summed E-state index contributed by atoms with van der Waals surface area (Å²) in [6, 6.07) is 12.1. The molecule has 2 rings (SSSR count). The minimum Gasteiger partial charge on any atom is -0.378 e. The number of benzene rings is 2. The molecule has 0 spiro atoms. The zero-order valence-corrected chi connectivity index (χ0v) is 18.7. The van der Waals surface area contributed by atoms with E-state index in [0.29, 0.717) is 10.9 Å². The summed E-state index contributed by atoms with van der Waals surface area (Å²) in [4.78, 5) is 1.90. The van der Waals surface area contributed by atoms with E-state index in [2.05, 4.69) is 20.7 Å². The molecule has 0 aromatic heterocycles. The number of rotatable bonds is 8. The van der Waals surface area contributed by atoms with Gasteiger partial charge in [0.05, 0.1) is 9.79 Å². The highest BCUT2D eigenvalue weighted by molar-refractivity contribution is 9.10. The topological polar surface area (TPSA) is 83.6 Å². The third-order valence-corrected chi connectivity index (χ3v) is 7.57. The minimum absolute atomic E-state index is 0.0351. The number of halogens is 1. The third kappa shape index (κ3) is 6.03. The standard InChI is InChI=1S/C18H23BrN2O4S2/c1-21(2)15-8-6-14(7-9-15)5-4-12-20-27(24,25)18-13-16(26(3,22)23)10-11-17(18)19/h6-11,13,20H,4-5,12H2,1-3H3. The van der Waals surface area contributed by atoms with Crippen molar-refractivity contribution >= 4 is 41.5 Å². The minimum atomic E-state index is -3.81. The summed E-state index contributed by atoms with van der Waals surface area (Å²) in [5, 5.41) is 0. The second-order valence-corrected chi connectivity index (χ2v) is 11.0. The monoisotopic (exact) mass is 474 g/mol. The fraction of sp³-hybridized carbons (Fsp3) is 0.333. The van der Waals surface area contributed by atoms with Gasteiger partial charge >= 0.3 is 0 Å². The van der Waals surface area contributed by atoms with Gasteiger partial charge < -0.3 is 4.90 Å². The van der Waals surface area contributed by atoms with Gasteiger partial charge in [0.25, 0.3) is 0 Å². The van der Waals surface area contributed by atoms with E-state index >= 15 is 0 Å². The predicted molar refractivity (Wildman–Crippen MR) is 112 cm³/mol. The second kappa shape index (κ2) is 8.72. The molecule has 0 aliphatic heterocycles. The molecule has 0 saturated heterocycles. The van der Waals surface area contributed by atoms with Gasteiger partial charge in [-0.3, -0.25) is 0 Å². The van der Waals surface area contributed by atoms with Crippen LogP contribution in [0.25, 0.3) is 0 Å². The van der Waals surface area contributed by atoms with Crippen LogP contribution in [0.4, 0.5) is 5.69 Å². The van der Waals surface area contributed by atoms with Gasteiger partial charge in [0.1, 0.15) is 0 Å². The van der Waals surface area contributed by atoms with E-state index in [4.69, 9.17) is 0 Å². The molecule has 2 aromatic rings. The Kier molecular flexibility index (Phi) is 7.07. The van der Waals surface area contributed by atoms with Crippen molar-refractivity contribution < 1.29 is 16.8 Å². The number of hydrogen-bond acceptors (Lipinski definition) is 5. The van der Waals surface area contributed by atoms with E-state index < -0.39 is 19.9 Å². The average molecular weight is 475 g/mol. The molecule has 2 aromatic carbocycles. The van der Waals surface area contributed by atoms with E-state index in [1.807, 2.05) is 43.3 Å². The highest BCUT2D eigenvalue weighted by Crippen LogP contribution is 2.25. The molecule has 0 bridgehead atoms. The van der Waals surface area contributed by atoms with Crippen LogP contribution >= 0.6 is 15.9 Å². The summed E-state index contributed by atoms with van der Waals surface area (Å²) in [5.74, 6) is 0. The summed E-state index contributed by atoms with van der Waals surface area (Å²) in [5.41, 5.74) is 2.23. The molecule has 148 valence electrons. The summed E-state index contributed by atoms with van der Waals surface area (Å²) >= 11 is 3.18. The Morgan fingerprint density at radius 3 is 2.19 bits per heavy atom. The van der Waals surface area contributed by atoms with Gasteiger partial charge in [0.2, 0.25) is 10.0 Å². The Morgan fingerprint density at radius 2 is 1.63 bits per heavy atom. The zero-order chi connectivity index (χ0) is 20.2. The Hall–Kier alpha value is -1.42. The number of aryl methyl sites for hydroxylation is 1. The van der Waals surface area contributed by atoms with Crippen LogP contribution in [-0.2, 0) is 26.3 Å². The number of sulfone groups is 1. The number of anilines is 1. The van der Waals surface area contributed by atoms with Gasteiger partial charge in [-0.15, -0.1) is 0 Å². The maximum Gasteiger partial charge on any atom is 0.241 e. The lowest BCUT2D eigenvalue weighted by Crippen LogP contribution is -2.25. The Balaban J connectivity index is 2.01. The molecule has 0 unspecified atom stereocenters. The highest BCUT2D eigenvalue weighted by atomic mass is 79.9. The molecule has 6 nitrogen and oxygen atoms in total. The number of sulfonamides is 1. The molecular formula is C18H23BrN2O4S2. The molecular weight excluding hydrogens is 452 g/mol. The molecule has 0 radical (unpaired) electrons. The number of hydrogen-bond donors (Lipinski definition) is 1. The predicted octanol–water partition coefficient (Wildman–Crippen LogP) is 2.83. The molecule has 0 heterocycles. The second-order valence-electron chi connectivity index (χ2n) is 6.43. The van der Waals surface area contributed by atoms with Crippen molar-refractivity contribution in [2.24, 2.45) is 0 Å². The lowest BCUT2D eigenvalue weighted by Gasteiger charge is -2.13. The number of nitrogens with one attached hydrogen (secondary N) is 1. The first-order chi connectivity index (χ1) is 12.5. The summed E-state index contributed by atoms with van der Waals surface area (Å²) in [7, 11) is -3.36. The van der Waals surface area contributed by atoms with Gasteiger partial charge in [0, 0.05) is 37.1 Å². The van der Waals surface area contributed by atoms with Crippen LogP contribution in [0.15, 0.2) is 56.7 Å². The number of nitrogens with zero attached hydrogens (tertiary/aromatic N) is 1. The van der Waals surface area contributed by atoms with Gasteiger partial charge in [-0.25, -0.2) is 21.6 Å². The van der Waals surface area contributed by atoms with E-state index in [9.17, 15) is 16.8 Å². The molecule has 27 heavy (non-hydrogen) atoms. The van der Waals surface area contributed by atoms with Crippen LogP contribution in [0, 0.1) is 0 Å². The van der Waals surface area contributed by atoms with Crippen LogP contribution in [0.3, 0.4) is 0 Å². The van der Waals surface area contributed by atoms with Crippen LogP contribution in [0.2, 0.25) is 0 Å². The van der Waals surface area contributed by atoms with Gasteiger partial charge in [-0.2, -0.15) is 0 Å². The summed E-state index contributed by atoms with van der Waals surface area (Å²) in [6.45, 7) is 0.257. The smallest absolute Gasteiger partial charge is 0.241 e. The maximum atomic E-state index is 12.5. The summed E-state index contributed by atoms with van der Waals surface area (Å²) in [6.07, 6.45) is 2.41. The quantitative estimate of drug-likeness (QED) is 0.594. The molecule has 1 N–H and O–H groups in total. The zero-order valence-electron chi connectivity index (χ0n) is 15.4. The van der Waals surface area contributed by atoms with Crippen molar-refractivity contribution in [3.05, 3.63) is 52.5 Å². The molecule has 0 atom stereocenters. The van der Waals surface area contributed by atoms with E-state index in [0.717, 1.165) is 23.9 Å². The average Bonchev–Trinajstić information content (AvgIpc) is 2.58. The third-order valence-electron chi connectivity index (χ3n) is 4.01. The van der Waals surface area contributed by atoms with Crippen LogP contribution < -0.4 is 9.62 Å². The highest BCUT2D eigenvalue weighted by Gasteiger charge is 2.20. The fourth-order valence-corrected chi connectivity index (χ4v) is 5.24.